The van der Waals surface area contributed by atoms with Crippen molar-refractivity contribution in [1.82, 2.24) is 10.1 Å². The van der Waals surface area contributed by atoms with Gasteiger partial charge in [-0.15, -0.1) is 0 Å². The summed E-state index contributed by atoms with van der Waals surface area (Å²) in [6.07, 6.45) is 1.43. The average Bonchev–Trinajstić information content (AvgIpc) is 3.57. The number of hydrogen-bond acceptors (Lipinski definition) is 9. The molecule has 2 amide bonds. The molecule has 4 heterocycles. The van der Waals surface area contributed by atoms with Gasteiger partial charge in [0, 0.05) is 38.6 Å². The molecule has 2 aromatic rings. The van der Waals surface area contributed by atoms with Crippen LogP contribution in [-0.2, 0) is 23.8 Å². The van der Waals surface area contributed by atoms with Crippen molar-refractivity contribution in [1.29, 1.82) is 0 Å². The monoisotopic (exact) mass is 515 g/mol. The number of anilines is 1. The van der Waals surface area contributed by atoms with Crippen molar-refractivity contribution in [3.8, 4) is 5.88 Å². The third kappa shape index (κ3) is 5.43. The Balaban J connectivity index is 1.18. The number of rotatable bonds is 7. The highest BCUT2D eigenvalue weighted by molar-refractivity contribution is 5.90. The predicted octanol–water partition coefficient (Wildman–Crippen LogP) is 2.90. The summed E-state index contributed by atoms with van der Waals surface area (Å²) in [5.74, 6) is -2.03. The zero-order chi connectivity index (χ0) is 26.2. The Labute approximate surface area is 211 Å². The predicted molar refractivity (Wildman–Crippen MR) is 125 cm³/mol. The molecule has 2 fully saturated rings. The van der Waals surface area contributed by atoms with E-state index in [0.717, 1.165) is 5.57 Å². The highest BCUT2D eigenvalue weighted by Crippen LogP contribution is 2.31. The number of esters is 1. The summed E-state index contributed by atoms with van der Waals surface area (Å²) in [6, 6.07) is 6.10. The van der Waals surface area contributed by atoms with E-state index in [4.69, 9.17) is 18.9 Å². The molecule has 37 heavy (non-hydrogen) atoms. The van der Waals surface area contributed by atoms with Crippen LogP contribution < -0.4 is 9.64 Å². The first-order valence-electron chi connectivity index (χ1n) is 11.9. The van der Waals surface area contributed by atoms with Crippen molar-refractivity contribution in [3.63, 3.8) is 0 Å². The second-order valence-electron chi connectivity index (χ2n) is 9.38. The van der Waals surface area contributed by atoms with Crippen molar-refractivity contribution in [2.24, 2.45) is 0 Å². The number of hydrogen-bond donors (Lipinski definition) is 0. The van der Waals surface area contributed by atoms with E-state index in [1.54, 1.807) is 37.0 Å². The molecule has 12 heteroatoms. The molecule has 0 N–H and O–H groups in total. The average molecular weight is 515 g/mol. The van der Waals surface area contributed by atoms with Gasteiger partial charge in [-0.3, -0.25) is 9.69 Å². The lowest BCUT2D eigenvalue weighted by Crippen LogP contribution is -2.37. The minimum atomic E-state index is -1.04. The largest absolute Gasteiger partial charge is 0.471 e. The molecule has 3 aliphatic heterocycles. The van der Waals surface area contributed by atoms with Crippen LogP contribution >= 0.6 is 0 Å². The maximum atomic E-state index is 15.1. The molecule has 196 valence electrons. The number of halogens is 1. The third-order valence-corrected chi connectivity index (χ3v) is 6.27. The smallest absolute Gasteiger partial charge is 0.414 e. The summed E-state index contributed by atoms with van der Waals surface area (Å²) in [6.45, 7) is 4.18. The molecule has 1 aromatic carbocycles. The van der Waals surface area contributed by atoms with E-state index < -0.39 is 35.9 Å². The first-order valence-corrected chi connectivity index (χ1v) is 11.9. The first-order chi connectivity index (χ1) is 17.7. The third-order valence-electron chi connectivity index (χ3n) is 6.27. The number of nitrogens with zero attached hydrogens (tertiary/aromatic N) is 3. The van der Waals surface area contributed by atoms with Crippen LogP contribution in [0.15, 0.2) is 41.1 Å². The van der Waals surface area contributed by atoms with Crippen molar-refractivity contribution < 1.29 is 42.2 Å². The molecule has 0 spiro atoms. The second kappa shape index (κ2) is 9.85. The van der Waals surface area contributed by atoms with Gasteiger partial charge in [0.1, 0.15) is 18.7 Å². The Bertz CT molecular complexity index is 1230. The van der Waals surface area contributed by atoms with Crippen LogP contribution in [0.1, 0.15) is 32.3 Å². The SMILES string of the molecule is CC1(C)OC(=O)C(CC(=O)N2CC=C(c3ccc(N4C[C@H](COc5ccon5)OC4=O)cc3F)CC2)O1. The zero-order valence-electron chi connectivity index (χ0n) is 20.3. The van der Waals surface area contributed by atoms with E-state index in [2.05, 4.69) is 9.68 Å². The highest BCUT2D eigenvalue weighted by atomic mass is 19.1. The molecule has 0 saturated carbocycles. The van der Waals surface area contributed by atoms with Gasteiger partial charge in [-0.05, 0) is 35.3 Å². The summed E-state index contributed by atoms with van der Waals surface area (Å²) >= 11 is 0. The number of amides is 2. The van der Waals surface area contributed by atoms with Gasteiger partial charge in [0.05, 0.1) is 18.7 Å². The van der Waals surface area contributed by atoms with E-state index in [9.17, 15) is 14.4 Å². The van der Waals surface area contributed by atoms with Gasteiger partial charge in [0.25, 0.3) is 5.88 Å². The Kier molecular flexibility index (Phi) is 6.59. The van der Waals surface area contributed by atoms with Gasteiger partial charge in [-0.25, -0.2) is 14.0 Å². The quantitative estimate of drug-likeness (QED) is 0.513. The summed E-state index contributed by atoms with van der Waals surface area (Å²) in [4.78, 5) is 39.8. The summed E-state index contributed by atoms with van der Waals surface area (Å²) in [5, 5.41) is 3.63. The van der Waals surface area contributed by atoms with Crippen LogP contribution in [0.3, 0.4) is 0 Å². The lowest BCUT2D eigenvalue weighted by atomic mass is 9.98. The number of ether oxygens (including phenoxy) is 4. The number of carbonyl (C=O) groups is 3. The van der Waals surface area contributed by atoms with Crippen LogP contribution in [0.5, 0.6) is 5.88 Å². The summed E-state index contributed by atoms with van der Waals surface area (Å²) in [5.41, 5.74) is 1.53. The number of cyclic esters (lactones) is 2. The van der Waals surface area contributed by atoms with Crippen LogP contribution in [0.2, 0.25) is 0 Å². The van der Waals surface area contributed by atoms with Crippen molar-refractivity contribution >= 4 is 29.2 Å². The standard InChI is InChI=1S/C25H26FN3O8/c1-25(2)36-20(23(31)37-25)12-22(30)28-8-5-15(6-9-28)18-4-3-16(11-19(18)26)29-13-17(35-24(29)32)14-33-21-7-10-34-27-21/h3-5,7,10-11,17,20H,6,8-9,12-14H2,1-2H3/t17-,20?/m1/s1. The van der Waals surface area contributed by atoms with E-state index in [1.807, 2.05) is 0 Å². The molecule has 0 bridgehead atoms. The van der Waals surface area contributed by atoms with Crippen LogP contribution in [0.25, 0.3) is 5.57 Å². The Hall–Kier alpha value is -3.93. The number of benzene rings is 1. The van der Waals surface area contributed by atoms with Crippen LogP contribution in [-0.4, -0.2) is 72.3 Å². The van der Waals surface area contributed by atoms with Gasteiger partial charge >= 0.3 is 12.1 Å². The first kappa shape index (κ1) is 24.8. The van der Waals surface area contributed by atoms with E-state index in [0.29, 0.717) is 24.2 Å². The molecular weight excluding hydrogens is 489 g/mol. The topological polar surface area (TPSA) is 121 Å². The van der Waals surface area contributed by atoms with Gasteiger partial charge in [0.15, 0.2) is 12.2 Å². The van der Waals surface area contributed by atoms with Gasteiger partial charge in [0.2, 0.25) is 11.7 Å². The normalized spacial score (nSPS) is 23.1. The molecule has 3 aliphatic rings. The maximum absolute atomic E-state index is 15.1. The van der Waals surface area contributed by atoms with Crippen LogP contribution in [0.4, 0.5) is 14.9 Å². The molecular formula is C25H26FN3O8. The Morgan fingerprint density at radius 1 is 1.27 bits per heavy atom. The van der Waals surface area contributed by atoms with Gasteiger partial charge in [-0.2, -0.15) is 0 Å². The lowest BCUT2D eigenvalue weighted by Gasteiger charge is -2.27. The number of aromatic nitrogens is 1. The molecule has 1 unspecified atom stereocenters. The van der Waals surface area contributed by atoms with E-state index in [-0.39, 0.29) is 37.9 Å². The molecule has 2 saturated heterocycles. The zero-order valence-corrected chi connectivity index (χ0v) is 20.3. The molecule has 2 atom stereocenters. The minimum Gasteiger partial charge on any atom is -0.471 e. The van der Waals surface area contributed by atoms with E-state index >= 15 is 4.39 Å². The Morgan fingerprint density at radius 2 is 2.11 bits per heavy atom. The van der Waals surface area contributed by atoms with Crippen LogP contribution in [0, 0.1) is 5.82 Å². The molecule has 5 rings (SSSR count). The second-order valence-corrected chi connectivity index (χ2v) is 9.38. The molecule has 1 aromatic heterocycles. The molecule has 0 aliphatic carbocycles. The summed E-state index contributed by atoms with van der Waals surface area (Å²) in [7, 11) is 0. The highest BCUT2D eigenvalue weighted by Gasteiger charge is 2.42. The fourth-order valence-corrected chi connectivity index (χ4v) is 4.48. The van der Waals surface area contributed by atoms with Gasteiger partial charge in [-0.1, -0.05) is 6.08 Å². The van der Waals surface area contributed by atoms with Gasteiger partial charge < -0.3 is 28.4 Å². The fourth-order valence-electron chi connectivity index (χ4n) is 4.48. The molecule has 0 radical (unpaired) electrons. The summed E-state index contributed by atoms with van der Waals surface area (Å²) < 4.78 is 41.1. The van der Waals surface area contributed by atoms with E-state index in [1.165, 1.54) is 23.3 Å². The molecule has 11 nitrogen and oxygen atoms in total. The minimum absolute atomic E-state index is 0.0866. The fraction of sp³-hybridized carbons (Fsp3) is 0.440. The maximum Gasteiger partial charge on any atom is 0.414 e. The number of carbonyl (C=O) groups excluding carboxylic acids is 3. The lowest BCUT2D eigenvalue weighted by molar-refractivity contribution is -0.161. The van der Waals surface area contributed by atoms with Crippen molar-refractivity contribution in [2.75, 3.05) is 31.1 Å². The van der Waals surface area contributed by atoms with Crippen molar-refractivity contribution in [2.45, 2.75) is 44.7 Å². The van der Waals surface area contributed by atoms with Crippen molar-refractivity contribution in [3.05, 3.63) is 48.0 Å². The Morgan fingerprint density at radius 3 is 2.76 bits per heavy atom.